The lowest BCUT2D eigenvalue weighted by Gasteiger charge is -2.20. The molecule has 2 aromatic heterocycles. The van der Waals surface area contributed by atoms with Gasteiger partial charge >= 0.3 is 0 Å². The van der Waals surface area contributed by atoms with E-state index in [1.165, 1.54) is 10.6 Å². The molecule has 1 saturated heterocycles. The van der Waals surface area contributed by atoms with Gasteiger partial charge in [-0.1, -0.05) is 0 Å². The largest absolute Gasteiger partial charge is 0.454 e. The molecule has 32 heavy (non-hydrogen) atoms. The van der Waals surface area contributed by atoms with Crippen LogP contribution in [0.5, 0.6) is 11.5 Å². The number of carbonyl (C=O) groups is 1. The smallest absolute Gasteiger partial charge is 0.274 e. The van der Waals surface area contributed by atoms with Crippen LogP contribution in [0.15, 0.2) is 59.7 Å². The number of amides is 1. The minimum atomic E-state index is -0.831. The zero-order valence-corrected chi connectivity index (χ0v) is 17.2. The predicted octanol–water partition coefficient (Wildman–Crippen LogP) is 4.73. The molecule has 5 rings (SSSR count). The van der Waals surface area contributed by atoms with Crippen molar-refractivity contribution in [2.45, 2.75) is 12.8 Å². The number of anilines is 1. The Morgan fingerprint density at radius 3 is 2.56 bits per heavy atom. The summed E-state index contributed by atoms with van der Waals surface area (Å²) in [5.74, 6) is -1.33. The molecule has 1 aliphatic rings. The number of nitrogens with zero attached hydrogens (tertiary/aromatic N) is 2. The maximum Gasteiger partial charge on any atom is 0.274 e. The van der Waals surface area contributed by atoms with E-state index >= 15 is 0 Å². The third kappa shape index (κ3) is 3.33. The van der Waals surface area contributed by atoms with Crippen LogP contribution in [0.2, 0.25) is 0 Å². The quantitative estimate of drug-likeness (QED) is 0.504. The maximum absolute atomic E-state index is 14.3. The molecule has 0 saturated carbocycles. The fraction of sp³-hybridized carbons (Fsp3) is 0.167. The number of benzene rings is 2. The van der Waals surface area contributed by atoms with Gasteiger partial charge in [0.1, 0.15) is 17.1 Å². The fourth-order valence-electron chi connectivity index (χ4n) is 4.07. The van der Waals surface area contributed by atoms with E-state index in [9.17, 15) is 18.4 Å². The first-order valence-electron chi connectivity index (χ1n) is 10.2. The van der Waals surface area contributed by atoms with Crippen molar-refractivity contribution in [3.63, 3.8) is 0 Å². The van der Waals surface area contributed by atoms with Crippen molar-refractivity contribution < 1.29 is 18.3 Å². The summed E-state index contributed by atoms with van der Waals surface area (Å²) in [5.41, 5.74) is 2.17. The van der Waals surface area contributed by atoms with Crippen molar-refractivity contribution in [1.29, 1.82) is 0 Å². The number of aromatic amines is 1. The third-order valence-electron chi connectivity index (χ3n) is 5.65. The minimum Gasteiger partial charge on any atom is -0.454 e. The maximum atomic E-state index is 14.3. The number of pyridine rings is 1. The molecule has 2 aromatic carbocycles. The lowest BCUT2D eigenvalue weighted by Crippen LogP contribution is -2.23. The molecule has 3 heterocycles. The number of hydrogen-bond donors (Lipinski definition) is 1. The molecule has 1 aliphatic heterocycles. The number of ether oxygens (including phenoxy) is 1. The number of carbonyl (C=O) groups excluding carboxylic acids is 1. The van der Waals surface area contributed by atoms with Crippen molar-refractivity contribution in [3.05, 3.63) is 76.8 Å². The topological polar surface area (TPSA) is 67.3 Å². The summed E-state index contributed by atoms with van der Waals surface area (Å²) in [6.07, 6.45) is 4.60. The van der Waals surface area contributed by atoms with Crippen LogP contribution in [0.4, 0.5) is 14.5 Å². The molecule has 0 aliphatic carbocycles. The van der Waals surface area contributed by atoms with Crippen LogP contribution in [-0.4, -0.2) is 22.0 Å². The second-order valence-electron chi connectivity index (χ2n) is 7.73. The van der Waals surface area contributed by atoms with Gasteiger partial charge in [-0.15, -0.1) is 0 Å². The molecule has 6 nitrogen and oxygen atoms in total. The Balaban J connectivity index is 1.71. The van der Waals surface area contributed by atoms with Crippen LogP contribution in [-0.2, 0) is 11.8 Å². The molecule has 0 atom stereocenters. The van der Waals surface area contributed by atoms with Gasteiger partial charge < -0.3 is 19.2 Å². The second kappa shape index (κ2) is 7.64. The zero-order valence-electron chi connectivity index (χ0n) is 17.2. The van der Waals surface area contributed by atoms with Crippen LogP contribution in [0, 0.1) is 11.6 Å². The molecule has 0 bridgehead atoms. The lowest BCUT2D eigenvalue weighted by molar-refractivity contribution is -0.117. The Bertz CT molecular complexity index is 1420. The van der Waals surface area contributed by atoms with Crippen molar-refractivity contribution in [1.82, 2.24) is 9.55 Å². The van der Waals surface area contributed by atoms with E-state index < -0.39 is 11.6 Å². The number of fused-ring (bicyclic) bond motifs is 1. The Morgan fingerprint density at radius 2 is 1.81 bits per heavy atom. The molecular weight excluding hydrogens is 416 g/mol. The summed E-state index contributed by atoms with van der Waals surface area (Å²) in [6, 6.07) is 10.1. The number of nitrogens with one attached hydrogen (secondary N) is 1. The SMILES string of the molecule is Cn1cc(-c2cc(N3CCCC3=O)ccc2Oc2ccc(F)cc2F)c2cc[nH]c2c1=O. The van der Waals surface area contributed by atoms with Crippen LogP contribution in [0.1, 0.15) is 12.8 Å². The van der Waals surface area contributed by atoms with E-state index in [1.54, 1.807) is 48.6 Å². The standard InChI is InChI=1S/C24H19F2N3O3/c1-28-13-18(16-8-9-27-23(16)24(28)31)17-12-15(29-10-2-3-22(29)30)5-7-20(17)32-21-6-4-14(25)11-19(21)26/h4-9,11-13,27H,2-3,10H2,1H3. The molecule has 4 aromatic rings. The Labute approximate surface area is 181 Å². The zero-order chi connectivity index (χ0) is 22.4. The van der Waals surface area contributed by atoms with Gasteiger partial charge in [0, 0.05) is 60.7 Å². The van der Waals surface area contributed by atoms with Crippen LogP contribution >= 0.6 is 0 Å². The van der Waals surface area contributed by atoms with Crippen molar-refractivity contribution >= 4 is 22.5 Å². The van der Waals surface area contributed by atoms with Gasteiger partial charge in [-0.3, -0.25) is 9.59 Å². The summed E-state index contributed by atoms with van der Waals surface area (Å²) < 4.78 is 34.9. The molecule has 8 heteroatoms. The summed E-state index contributed by atoms with van der Waals surface area (Å²) in [7, 11) is 1.64. The molecule has 0 spiro atoms. The molecule has 162 valence electrons. The van der Waals surface area contributed by atoms with Crippen molar-refractivity contribution in [2.24, 2.45) is 7.05 Å². The van der Waals surface area contributed by atoms with E-state index in [1.807, 2.05) is 0 Å². The van der Waals surface area contributed by atoms with Crippen LogP contribution in [0.25, 0.3) is 22.0 Å². The fourth-order valence-corrected chi connectivity index (χ4v) is 4.07. The molecule has 1 N–H and O–H groups in total. The predicted molar refractivity (Wildman–Crippen MR) is 117 cm³/mol. The van der Waals surface area contributed by atoms with E-state index in [2.05, 4.69) is 4.98 Å². The average Bonchev–Trinajstić information content (AvgIpc) is 3.42. The summed E-state index contributed by atoms with van der Waals surface area (Å²) in [6.45, 7) is 0.609. The molecule has 0 radical (unpaired) electrons. The molecule has 0 unspecified atom stereocenters. The van der Waals surface area contributed by atoms with Gasteiger partial charge in [0.15, 0.2) is 11.6 Å². The highest BCUT2D eigenvalue weighted by atomic mass is 19.1. The summed E-state index contributed by atoms with van der Waals surface area (Å²) in [4.78, 5) is 29.5. The number of aryl methyl sites for hydroxylation is 1. The Hall–Kier alpha value is -3.94. The van der Waals surface area contributed by atoms with Crippen molar-refractivity contribution in [2.75, 3.05) is 11.4 Å². The second-order valence-corrected chi connectivity index (χ2v) is 7.73. The Morgan fingerprint density at radius 1 is 1.00 bits per heavy atom. The van der Waals surface area contributed by atoms with Crippen LogP contribution < -0.4 is 15.2 Å². The van der Waals surface area contributed by atoms with E-state index in [-0.39, 0.29) is 17.2 Å². The van der Waals surface area contributed by atoms with E-state index in [0.29, 0.717) is 46.4 Å². The van der Waals surface area contributed by atoms with Gasteiger partial charge in [0.2, 0.25) is 5.91 Å². The highest BCUT2D eigenvalue weighted by Gasteiger charge is 2.24. The van der Waals surface area contributed by atoms with Gasteiger partial charge in [0.05, 0.1) is 0 Å². The molecule has 1 amide bonds. The number of halogens is 2. The Kier molecular flexibility index (Phi) is 4.77. The highest BCUT2D eigenvalue weighted by molar-refractivity contribution is 5.99. The van der Waals surface area contributed by atoms with Gasteiger partial charge in [-0.25, -0.2) is 8.78 Å². The molecular formula is C24H19F2N3O3. The number of H-pyrrole nitrogens is 1. The first-order valence-corrected chi connectivity index (χ1v) is 10.2. The average molecular weight is 435 g/mol. The first kappa shape index (κ1) is 20.0. The summed E-state index contributed by atoms with van der Waals surface area (Å²) in [5, 5.41) is 0.669. The van der Waals surface area contributed by atoms with Gasteiger partial charge in [0.25, 0.3) is 5.56 Å². The monoisotopic (exact) mass is 435 g/mol. The van der Waals surface area contributed by atoms with Crippen molar-refractivity contribution in [3.8, 4) is 22.6 Å². The highest BCUT2D eigenvalue weighted by Crippen LogP contribution is 2.40. The molecule has 1 fully saturated rings. The number of aromatic nitrogens is 2. The lowest BCUT2D eigenvalue weighted by atomic mass is 10.0. The van der Waals surface area contributed by atoms with Gasteiger partial charge in [-0.05, 0) is 42.8 Å². The van der Waals surface area contributed by atoms with Crippen LogP contribution in [0.3, 0.4) is 0 Å². The third-order valence-corrected chi connectivity index (χ3v) is 5.65. The minimum absolute atomic E-state index is 0.0291. The van der Waals surface area contributed by atoms with Gasteiger partial charge in [-0.2, -0.15) is 0 Å². The van der Waals surface area contributed by atoms with E-state index in [4.69, 9.17) is 4.74 Å². The number of hydrogen-bond acceptors (Lipinski definition) is 3. The summed E-state index contributed by atoms with van der Waals surface area (Å²) >= 11 is 0. The first-order chi connectivity index (χ1) is 15.4. The normalized spacial score (nSPS) is 13.8. The van der Waals surface area contributed by atoms with E-state index in [0.717, 1.165) is 18.6 Å². The number of rotatable bonds is 4.